The number of ether oxygens (including phenoxy) is 2. The van der Waals surface area contributed by atoms with Gasteiger partial charge >= 0.3 is 0 Å². The average Bonchev–Trinajstić information content (AvgIpc) is 3.33. The van der Waals surface area contributed by atoms with Gasteiger partial charge in [0.1, 0.15) is 18.1 Å². The molecule has 166 valence electrons. The van der Waals surface area contributed by atoms with E-state index in [1.807, 2.05) is 18.2 Å². The molecule has 4 rings (SSSR count). The minimum atomic E-state index is -0.288. The maximum Gasteiger partial charge on any atom is 0.267 e. The first kappa shape index (κ1) is 21.2. The van der Waals surface area contributed by atoms with Gasteiger partial charge < -0.3 is 24.6 Å². The zero-order chi connectivity index (χ0) is 21.6. The predicted octanol–water partition coefficient (Wildman–Crippen LogP) is 0.874. The number of aromatic nitrogens is 2. The van der Waals surface area contributed by atoms with Crippen LogP contribution in [0.2, 0.25) is 0 Å². The summed E-state index contributed by atoms with van der Waals surface area (Å²) >= 11 is 0. The Morgan fingerprint density at radius 1 is 1.16 bits per heavy atom. The van der Waals surface area contributed by atoms with Crippen molar-refractivity contribution in [1.82, 2.24) is 15.1 Å². The molecular formula is C22H29N5O4. The van der Waals surface area contributed by atoms with Crippen molar-refractivity contribution >= 4 is 17.4 Å². The second-order valence-corrected chi connectivity index (χ2v) is 7.77. The molecule has 2 aliphatic rings. The van der Waals surface area contributed by atoms with Crippen molar-refractivity contribution in [2.24, 2.45) is 0 Å². The third-order valence-electron chi connectivity index (χ3n) is 5.73. The summed E-state index contributed by atoms with van der Waals surface area (Å²) in [6, 6.07) is 11.2. The Balaban J connectivity index is 1.36. The Kier molecular flexibility index (Phi) is 6.71. The molecule has 3 heterocycles. The molecule has 0 saturated carbocycles. The Bertz CT molecular complexity index is 949. The quantitative estimate of drug-likeness (QED) is 0.702. The van der Waals surface area contributed by atoms with Crippen molar-refractivity contribution in [2.75, 3.05) is 56.2 Å². The van der Waals surface area contributed by atoms with Crippen LogP contribution in [0.5, 0.6) is 5.75 Å². The van der Waals surface area contributed by atoms with E-state index in [1.165, 1.54) is 10.7 Å². The number of rotatable bonds is 7. The molecule has 1 N–H and O–H groups in total. The Morgan fingerprint density at radius 3 is 2.68 bits per heavy atom. The maximum absolute atomic E-state index is 12.3. The molecule has 1 aromatic heterocycles. The molecule has 2 aliphatic heterocycles. The number of amides is 1. The molecule has 2 aromatic rings. The third-order valence-corrected chi connectivity index (χ3v) is 5.73. The largest absolute Gasteiger partial charge is 0.495 e. The molecule has 2 fully saturated rings. The van der Waals surface area contributed by atoms with Crippen LogP contribution in [0.25, 0.3) is 0 Å². The van der Waals surface area contributed by atoms with Gasteiger partial charge in [-0.25, -0.2) is 4.68 Å². The van der Waals surface area contributed by atoms with Crippen molar-refractivity contribution < 1.29 is 14.3 Å². The second-order valence-electron chi connectivity index (χ2n) is 7.77. The van der Waals surface area contributed by atoms with Crippen LogP contribution in [-0.4, -0.2) is 68.2 Å². The number of hydrogen-bond acceptors (Lipinski definition) is 7. The van der Waals surface area contributed by atoms with Gasteiger partial charge in [-0.15, -0.1) is 0 Å². The molecule has 0 radical (unpaired) electrons. The first-order chi connectivity index (χ1) is 15.1. The molecule has 2 saturated heterocycles. The van der Waals surface area contributed by atoms with Crippen LogP contribution >= 0.6 is 0 Å². The van der Waals surface area contributed by atoms with Crippen molar-refractivity contribution in [3.8, 4) is 5.75 Å². The Morgan fingerprint density at radius 2 is 1.94 bits per heavy atom. The van der Waals surface area contributed by atoms with Gasteiger partial charge in [0.2, 0.25) is 5.91 Å². The van der Waals surface area contributed by atoms with Crippen molar-refractivity contribution in [2.45, 2.75) is 25.5 Å². The Hall–Kier alpha value is -3.07. The normalized spacial score (nSPS) is 18.8. The monoisotopic (exact) mass is 427 g/mol. The van der Waals surface area contributed by atoms with Gasteiger partial charge in [-0.05, 0) is 31.0 Å². The summed E-state index contributed by atoms with van der Waals surface area (Å²) in [6.45, 7) is 4.25. The molecule has 1 atom stereocenters. The summed E-state index contributed by atoms with van der Waals surface area (Å²) < 4.78 is 12.2. The van der Waals surface area contributed by atoms with E-state index in [4.69, 9.17) is 9.47 Å². The van der Waals surface area contributed by atoms with E-state index in [-0.39, 0.29) is 24.1 Å². The maximum atomic E-state index is 12.3. The highest BCUT2D eigenvalue weighted by Crippen LogP contribution is 2.28. The highest BCUT2D eigenvalue weighted by atomic mass is 16.5. The van der Waals surface area contributed by atoms with Crippen LogP contribution in [0, 0.1) is 0 Å². The molecular weight excluding hydrogens is 398 g/mol. The lowest BCUT2D eigenvalue weighted by Crippen LogP contribution is -2.47. The predicted molar refractivity (Wildman–Crippen MR) is 118 cm³/mol. The molecule has 9 heteroatoms. The van der Waals surface area contributed by atoms with E-state index >= 15 is 0 Å². The number of piperazine rings is 1. The van der Waals surface area contributed by atoms with Crippen molar-refractivity contribution in [3.63, 3.8) is 0 Å². The first-order valence-electron chi connectivity index (χ1n) is 10.7. The highest BCUT2D eigenvalue weighted by molar-refractivity contribution is 5.75. The molecule has 0 unspecified atom stereocenters. The average molecular weight is 428 g/mol. The summed E-state index contributed by atoms with van der Waals surface area (Å²) in [5.74, 6) is 1.33. The molecule has 9 nitrogen and oxygen atoms in total. The molecule has 31 heavy (non-hydrogen) atoms. The highest BCUT2D eigenvalue weighted by Gasteiger charge is 2.21. The van der Waals surface area contributed by atoms with E-state index in [1.54, 1.807) is 13.2 Å². The zero-order valence-corrected chi connectivity index (χ0v) is 17.8. The van der Waals surface area contributed by atoms with Crippen molar-refractivity contribution in [3.05, 3.63) is 46.8 Å². The lowest BCUT2D eigenvalue weighted by Gasteiger charge is -2.37. The number of carbonyl (C=O) groups excluding carboxylic acids is 1. The fourth-order valence-corrected chi connectivity index (χ4v) is 4.01. The zero-order valence-electron chi connectivity index (χ0n) is 17.8. The van der Waals surface area contributed by atoms with Crippen LogP contribution < -0.4 is 25.4 Å². The third kappa shape index (κ3) is 5.16. The minimum Gasteiger partial charge on any atom is -0.495 e. The Labute approximate surface area is 181 Å². The van der Waals surface area contributed by atoms with Crippen LogP contribution in [-0.2, 0) is 16.1 Å². The van der Waals surface area contributed by atoms with Gasteiger partial charge in [-0.3, -0.25) is 9.59 Å². The van der Waals surface area contributed by atoms with Gasteiger partial charge in [0.25, 0.3) is 5.56 Å². The van der Waals surface area contributed by atoms with Gasteiger partial charge in [-0.2, -0.15) is 5.10 Å². The fraction of sp³-hybridized carbons (Fsp3) is 0.500. The van der Waals surface area contributed by atoms with E-state index < -0.39 is 0 Å². The summed E-state index contributed by atoms with van der Waals surface area (Å²) in [4.78, 5) is 28.9. The van der Waals surface area contributed by atoms with Gasteiger partial charge in [0.05, 0.1) is 18.9 Å². The topological polar surface area (TPSA) is 88.9 Å². The summed E-state index contributed by atoms with van der Waals surface area (Å²) in [5, 5.41) is 7.28. The number of anilines is 2. The first-order valence-corrected chi connectivity index (χ1v) is 10.7. The number of hydrogen-bond donors (Lipinski definition) is 1. The van der Waals surface area contributed by atoms with Gasteiger partial charge in [0.15, 0.2) is 0 Å². The minimum absolute atomic E-state index is 0.0690. The van der Waals surface area contributed by atoms with E-state index in [0.29, 0.717) is 12.4 Å². The molecule has 0 spiro atoms. The number of nitrogens with one attached hydrogen (secondary N) is 1. The van der Waals surface area contributed by atoms with E-state index in [0.717, 1.165) is 57.1 Å². The fourth-order valence-electron chi connectivity index (χ4n) is 4.01. The smallest absolute Gasteiger partial charge is 0.267 e. The number of methoxy groups -OCH3 is 1. The second kappa shape index (κ2) is 9.82. The van der Waals surface area contributed by atoms with Gasteiger partial charge in [-0.1, -0.05) is 12.1 Å². The van der Waals surface area contributed by atoms with Crippen LogP contribution in [0.4, 0.5) is 11.5 Å². The summed E-state index contributed by atoms with van der Waals surface area (Å²) in [5.41, 5.74) is 0.786. The SMILES string of the molecule is COc1ccccc1N1CCN(c2ccc(=O)n(CC(=O)NC[C@@H]3CCCO3)n2)CC1. The number of carbonyl (C=O) groups is 1. The summed E-state index contributed by atoms with van der Waals surface area (Å²) in [7, 11) is 1.68. The molecule has 0 aliphatic carbocycles. The number of nitrogens with zero attached hydrogens (tertiary/aromatic N) is 4. The van der Waals surface area contributed by atoms with Crippen LogP contribution in [0.1, 0.15) is 12.8 Å². The lowest BCUT2D eigenvalue weighted by molar-refractivity contribution is -0.122. The molecule has 0 bridgehead atoms. The van der Waals surface area contributed by atoms with Crippen LogP contribution in [0.15, 0.2) is 41.2 Å². The number of benzene rings is 1. The standard InChI is InChI=1S/C22H29N5O4/c1-30-19-7-3-2-6-18(19)25-10-12-26(13-11-25)20-8-9-22(29)27(24-20)16-21(28)23-15-17-5-4-14-31-17/h2-3,6-9,17H,4-5,10-16H2,1H3,(H,23,28)/t17-/m0/s1. The van der Waals surface area contributed by atoms with Crippen LogP contribution in [0.3, 0.4) is 0 Å². The summed E-state index contributed by atoms with van der Waals surface area (Å²) in [6.07, 6.45) is 2.04. The van der Waals surface area contributed by atoms with Gasteiger partial charge in [0, 0.05) is 45.4 Å². The van der Waals surface area contributed by atoms with Crippen molar-refractivity contribution in [1.29, 1.82) is 0 Å². The van der Waals surface area contributed by atoms with E-state index in [2.05, 4.69) is 26.3 Å². The number of para-hydroxylation sites is 2. The lowest BCUT2D eigenvalue weighted by atomic mass is 10.2. The molecule has 1 amide bonds. The van der Waals surface area contributed by atoms with E-state index in [9.17, 15) is 9.59 Å². The molecule has 1 aromatic carbocycles.